The summed E-state index contributed by atoms with van der Waals surface area (Å²) in [5.74, 6) is -0.623. The molecule has 0 aromatic heterocycles. The van der Waals surface area contributed by atoms with Gasteiger partial charge in [-0.15, -0.1) is 0 Å². The SMILES string of the molecule is CN(CCCC(=O)O)C(=O)C1CCc2ccccc2C1. The number of benzene rings is 1. The second-order valence-corrected chi connectivity index (χ2v) is 5.47. The molecule has 108 valence electrons. The lowest BCUT2D eigenvalue weighted by molar-refractivity contribution is -0.138. The molecule has 4 nitrogen and oxygen atoms in total. The van der Waals surface area contributed by atoms with Gasteiger partial charge in [-0.25, -0.2) is 0 Å². The number of carbonyl (C=O) groups excluding carboxylic acids is 1. The van der Waals surface area contributed by atoms with Gasteiger partial charge >= 0.3 is 5.97 Å². The van der Waals surface area contributed by atoms with Crippen LogP contribution in [0.5, 0.6) is 0 Å². The van der Waals surface area contributed by atoms with Gasteiger partial charge in [0.25, 0.3) is 0 Å². The summed E-state index contributed by atoms with van der Waals surface area (Å²) in [7, 11) is 1.77. The molecule has 1 aliphatic carbocycles. The van der Waals surface area contributed by atoms with Crippen molar-refractivity contribution in [3.8, 4) is 0 Å². The molecule has 0 bridgehead atoms. The highest BCUT2D eigenvalue weighted by molar-refractivity contribution is 5.79. The summed E-state index contributed by atoms with van der Waals surface area (Å²) in [4.78, 5) is 24.5. The highest BCUT2D eigenvalue weighted by Crippen LogP contribution is 2.26. The number of hydrogen-bond donors (Lipinski definition) is 1. The van der Waals surface area contributed by atoms with E-state index in [9.17, 15) is 9.59 Å². The summed E-state index contributed by atoms with van der Waals surface area (Å²) in [6, 6.07) is 8.28. The Morgan fingerprint density at radius 3 is 2.70 bits per heavy atom. The number of hydrogen-bond acceptors (Lipinski definition) is 2. The van der Waals surface area contributed by atoms with E-state index < -0.39 is 5.97 Å². The van der Waals surface area contributed by atoms with Crippen molar-refractivity contribution >= 4 is 11.9 Å². The first-order valence-corrected chi connectivity index (χ1v) is 7.11. The Kier molecular flexibility index (Phi) is 4.77. The number of carboxylic acids is 1. The van der Waals surface area contributed by atoms with Gasteiger partial charge in [0.15, 0.2) is 0 Å². The van der Waals surface area contributed by atoms with E-state index in [1.54, 1.807) is 11.9 Å². The third kappa shape index (κ3) is 3.59. The topological polar surface area (TPSA) is 57.6 Å². The minimum Gasteiger partial charge on any atom is -0.481 e. The average Bonchev–Trinajstić information content (AvgIpc) is 2.45. The van der Waals surface area contributed by atoms with Crippen LogP contribution in [-0.4, -0.2) is 35.5 Å². The monoisotopic (exact) mass is 275 g/mol. The molecule has 0 saturated carbocycles. The summed E-state index contributed by atoms with van der Waals surface area (Å²) < 4.78 is 0. The van der Waals surface area contributed by atoms with Gasteiger partial charge in [0.05, 0.1) is 0 Å². The lowest BCUT2D eigenvalue weighted by atomic mass is 9.83. The number of rotatable bonds is 5. The highest BCUT2D eigenvalue weighted by Gasteiger charge is 2.26. The molecule has 0 radical (unpaired) electrons. The third-order valence-corrected chi connectivity index (χ3v) is 3.96. The predicted octanol–water partition coefficient (Wildman–Crippen LogP) is 2.11. The van der Waals surface area contributed by atoms with Crippen LogP contribution in [0.1, 0.15) is 30.4 Å². The van der Waals surface area contributed by atoms with Crippen LogP contribution in [0.2, 0.25) is 0 Å². The molecule has 20 heavy (non-hydrogen) atoms. The van der Waals surface area contributed by atoms with Crippen LogP contribution < -0.4 is 0 Å². The molecular formula is C16H21NO3. The molecule has 1 aromatic carbocycles. The van der Waals surface area contributed by atoms with Crippen molar-refractivity contribution in [3.63, 3.8) is 0 Å². The Morgan fingerprint density at radius 2 is 2.00 bits per heavy atom. The lowest BCUT2D eigenvalue weighted by Crippen LogP contribution is -2.36. The van der Waals surface area contributed by atoms with Crippen molar-refractivity contribution < 1.29 is 14.7 Å². The minimum atomic E-state index is -0.808. The minimum absolute atomic E-state index is 0.0414. The highest BCUT2D eigenvalue weighted by atomic mass is 16.4. The van der Waals surface area contributed by atoms with Gasteiger partial charge < -0.3 is 10.0 Å². The molecule has 2 rings (SSSR count). The molecule has 1 atom stereocenters. The van der Waals surface area contributed by atoms with Crippen molar-refractivity contribution in [1.82, 2.24) is 4.90 Å². The molecule has 0 aliphatic heterocycles. The number of aliphatic carboxylic acids is 1. The Hall–Kier alpha value is -1.84. The fourth-order valence-electron chi connectivity index (χ4n) is 2.80. The maximum atomic E-state index is 12.4. The Bertz CT molecular complexity index is 498. The van der Waals surface area contributed by atoms with E-state index in [0.717, 1.165) is 19.3 Å². The number of carbonyl (C=O) groups is 2. The van der Waals surface area contributed by atoms with Crippen molar-refractivity contribution in [2.45, 2.75) is 32.1 Å². The predicted molar refractivity (Wildman–Crippen MR) is 76.5 cm³/mol. The van der Waals surface area contributed by atoms with Gasteiger partial charge in [-0.1, -0.05) is 24.3 Å². The van der Waals surface area contributed by atoms with Crippen LogP contribution >= 0.6 is 0 Å². The first-order chi connectivity index (χ1) is 9.58. The van der Waals surface area contributed by atoms with Gasteiger partial charge in [0.1, 0.15) is 0 Å². The molecule has 1 amide bonds. The van der Waals surface area contributed by atoms with E-state index in [1.807, 2.05) is 12.1 Å². The quantitative estimate of drug-likeness (QED) is 0.895. The molecular weight excluding hydrogens is 254 g/mol. The first kappa shape index (κ1) is 14.6. The third-order valence-electron chi connectivity index (χ3n) is 3.96. The second kappa shape index (κ2) is 6.55. The van der Waals surface area contributed by atoms with Gasteiger partial charge in [-0.2, -0.15) is 0 Å². The van der Waals surface area contributed by atoms with Gasteiger partial charge in [-0.05, 0) is 36.8 Å². The van der Waals surface area contributed by atoms with Crippen LogP contribution in [-0.2, 0) is 22.4 Å². The second-order valence-electron chi connectivity index (χ2n) is 5.47. The standard InChI is InChI=1S/C16H21NO3/c1-17(10-4-7-15(18)19)16(20)14-9-8-12-5-2-3-6-13(12)11-14/h2-3,5-6,14H,4,7-11H2,1H3,(H,18,19). The average molecular weight is 275 g/mol. The zero-order valence-electron chi connectivity index (χ0n) is 11.8. The van der Waals surface area contributed by atoms with E-state index in [2.05, 4.69) is 12.1 Å². The maximum Gasteiger partial charge on any atom is 0.303 e. The van der Waals surface area contributed by atoms with Gasteiger partial charge in [-0.3, -0.25) is 9.59 Å². The summed E-state index contributed by atoms with van der Waals surface area (Å²) in [6.07, 6.45) is 3.28. The number of aryl methyl sites for hydroxylation is 1. The van der Waals surface area contributed by atoms with Crippen molar-refractivity contribution in [2.24, 2.45) is 5.92 Å². The van der Waals surface area contributed by atoms with Crippen LogP contribution in [0, 0.1) is 5.92 Å². The lowest BCUT2D eigenvalue weighted by Gasteiger charge is -2.28. The largest absolute Gasteiger partial charge is 0.481 e. The molecule has 1 aromatic rings. The van der Waals surface area contributed by atoms with Crippen LogP contribution in [0.4, 0.5) is 0 Å². The number of carboxylic acid groups (broad SMARTS) is 1. The van der Waals surface area contributed by atoms with E-state index in [0.29, 0.717) is 13.0 Å². The summed E-state index contributed by atoms with van der Waals surface area (Å²) in [5, 5.41) is 8.62. The van der Waals surface area contributed by atoms with Crippen LogP contribution in [0.3, 0.4) is 0 Å². The van der Waals surface area contributed by atoms with E-state index in [1.165, 1.54) is 11.1 Å². The van der Waals surface area contributed by atoms with Gasteiger partial charge in [0.2, 0.25) is 5.91 Å². The molecule has 1 N–H and O–H groups in total. The van der Waals surface area contributed by atoms with E-state index >= 15 is 0 Å². The zero-order valence-corrected chi connectivity index (χ0v) is 11.8. The molecule has 4 heteroatoms. The zero-order chi connectivity index (χ0) is 14.5. The Balaban J connectivity index is 1.89. The first-order valence-electron chi connectivity index (χ1n) is 7.11. The number of nitrogens with zero attached hydrogens (tertiary/aromatic N) is 1. The fraction of sp³-hybridized carbons (Fsp3) is 0.500. The molecule has 0 saturated heterocycles. The number of amides is 1. The van der Waals surface area contributed by atoms with Gasteiger partial charge in [0, 0.05) is 25.9 Å². The maximum absolute atomic E-state index is 12.4. The summed E-state index contributed by atoms with van der Waals surface area (Å²) in [5.41, 5.74) is 2.63. The number of fused-ring (bicyclic) bond motifs is 1. The molecule has 0 fully saturated rings. The fourth-order valence-corrected chi connectivity index (χ4v) is 2.80. The van der Waals surface area contributed by atoms with Crippen molar-refractivity contribution in [2.75, 3.05) is 13.6 Å². The molecule has 0 spiro atoms. The van der Waals surface area contributed by atoms with E-state index in [-0.39, 0.29) is 18.2 Å². The molecule has 1 aliphatic rings. The van der Waals surface area contributed by atoms with E-state index in [4.69, 9.17) is 5.11 Å². The van der Waals surface area contributed by atoms with Crippen LogP contribution in [0.25, 0.3) is 0 Å². The smallest absolute Gasteiger partial charge is 0.303 e. The van der Waals surface area contributed by atoms with Crippen molar-refractivity contribution in [3.05, 3.63) is 35.4 Å². The normalized spacial score (nSPS) is 17.4. The summed E-state index contributed by atoms with van der Waals surface area (Å²) in [6.45, 7) is 0.517. The van der Waals surface area contributed by atoms with Crippen molar-refractivity contribution in [1.29, 1.82) is 0 Å². The van der Waals surface area contributed by atoms with Crippen LogP contribution in [0.15, 0.2) is 24.3 Å². The Morgan fingerprint density at radius 1 is 1.30 bits per heavy atom. The Labute approximate surface area is 119 Å². The molecule has 1 unspecified atom stereocenters. The molecule has 0 heterocycles. The summed E-state index contributed by atoms with van der Waals surface area (Å²) >= 11 is 0.